The van der Waals surface area contributed by atoms with Gasteiger partial charge in [0.2, 0.25) is 0 Å². The molecular weight excluding hydrogens is 250 g/mol. The van der Waals surface area contributed by atoms with Crippen LogP contribution < -0.4 is 0 Å². The van der Waals surface area contributed by atoms with Gasteiger partial charge in [0.05, 0.1) is 0 Å². The Morgan fingerprint density at radius 3 is 2.33 bits per heavy atom. The summed E-state index contributed by atoms with van der Waals surface area (Å²) < 4.78 is 15.9. The number of phenolic OH excluding ortho intramolecular Hbond substituents is 1. The molecule has 5 nitrogen and oxygen atoms in total. The summed E-state index contributed by atoms with van der Waals surface area (Å²) in [5.74, 6) is 0.218. The minimum Gasteiger partial charge on any atom is -0.507 e. The molecule has 1 N–H and O–H groups in total. The van der Waals surface area contributed by atoms with Crippen LogP contribution in [-0.4, -0.2) is 48.0 Å². The molecule has 0 aromatic heterocycles. The van der Waals surface area contributed by atoms with Crippen molar-refractivity contribution in [3.8, 4) is 5.75 Å². The predicted molar refractivity (Wildman–Crippen MR) is 72.2 cm³/mol. The topological polar surface area (TPSA) is 60.3 Å². The van der Waals surface area contributed by atoms with Gasteiger partial charge in [-0.2, -0.15) is 0 Å². The molecule has 0 aliphatic rings. The summed E-state index contributed by atoms with van der Waals surface area (Å²) in [5.41, 5.74) is 0.692. The molecule has 0 radical (unpaired) electrons. The molecule has 1 rings (SSSR count). The second-order valence-electron chi connectivity index (χ2n) is 3.64. The molecule has 0 saturated carbocycles. The Balaban J connectivity index is 2.53. The maximum atomic E-state index is 9.55. The van der Waals surface area contributed by atoms with E-state index in [1.807, 2.05) is 6.07 Å². The molecule has 0 amide bonds. The van der Waals surface area contributed by atoms with Gasteiger partial charge in [-0.15, -0.1) is 0 Å². The molecule has 0 atom stereocenters. The van der Waals surface area contributed by atoms with Gasteiger partial charge in [0, 0.05) is 45.7 Å². The van der Waals surface area contributed by atoms with Crippen molar-refractivity contribution in [3.05, 3.63) is 29.8 Å². The average molecular weight is 269 g/mol. The highest BCUT2D eigenvalue weighted by molar-refractivity contribution is 6.60. The number of rotatable bonds is 7. The first-order valence-corrected chi connectivity index (χ1v) is 7.54. The van der Waals surface area contributed by atoms with Crippen molar-refractivity contribution in [2.75, 3.05) is 27.9 Å². The molecule has 1 aromatic carbocycles. The van der Waals surface area contributed by atoms with E-state index in [2.05, 4.69) is 4.99 Å². The van der Waals surface area contributed by atoms with E-state index in [4.69, 9.17) is 13.3 Å². The molecule has 100 valence electrons. The first-order chi connectivity index (χ1) is 8.67. The number of phenols is 1. The van der Waals surface area contributed by atoms with Gasteiger partial charge >= 0.3 is 8.80 Å². The van der Waals surface area contributed by atoms with Gasteiger partial charge in [0.1, 0.15) is 5.75 Å². The van der Waals surface area contributed by atoms with Crippen LogP contribution in [0.4, 0.5) is 0 Å². The Kier molecular flexibility index (Phi) is 6.00. The van der Waals surface area contributed by atoms with Crippen LogP contribution in [0, 0.1) is 0 Å². The van der Waals surface area contributed by atoms with Crippen LogP contribution in [-0.2, 0) is 13.3 Å². The van der Waals surface area contributed by atoms with Crippen LogP contribution >= 0.6 is 0 Å². The Morgan fingerprint density at radius 2 is 1.78 bits per heavy atom. The van der Waals surface area contributed by atoms with E-state index in [0.717, 1.165) is 0 Å². The van der Waals surface area contributed by atoms with Gasteiger partial charge in [-0.25, -0.2) is 0 Å². The molecule has 6 heteroatoms. The number of para-hydroxylation sites is 1. The molecule has 0 aliphatic carbocycles. The van der Waals surface area contributed by atoms with Crippen LogP contribution in [0.2, 0.25) is 6.04 Å². The summed E-state index contributed by atoms with van der Waals surface area (Å²) in [5, 5.41) is 9.55. The van der Waals surface area contributed by atoms with Crippen LogP contribution in [0.15, 0.2) is 29.3 Å². The Morgan fingerprint density at radius 1 is 1.17 bits per heavy atom. The lowest BCUT2D eigenvalue weighted by atomic mass is 10.2. The fraction of sp³-hybridized carbons (Fsp3) is 0.417. The highest BCUT2D eigenvalue weighted by atomic mass is 28.4. The number of nitrogens with zero attached hydrogens (tertiary/aromatic N) is 1. The van der Waals surface area contributed by atoms with Crippen LogP contribution in [0.1, 0.15) is 5.56 Å². The fourth-order valence-electron chi connectivity index (χ4n) is 1.52. The summed E-state index contributed by atoms with van der Waals surface area (Å²) in [6, 6.07) is 7.64. The number of aromatic hydroxyl groups is 1. The number of hydrogen-bond donors (Lipinski definition) is 1. The van der Waals surface area contributed by atoms with Crippen LogP contribution in [0.5, 0.6) is 5.75 Å². The number of benzene rings is 1. The first kappa shape index (κ1) is 14.8. The molecule has 1 aromatic rings. The normalized spacial score (nSPS) is 12.2. The molecule has 0 fully saturated rings. The smallest absolute Gasteiger partial charge is 0.502 e. The van der Waals surface area contributed by atoms with Gasteiger partial charge in [-0.3, -0.25) is 4.99 Å². The minimum absolute atomic E-state index is 0.218. The summed E-state index contributed by atoms with van der Waals surface area (Å²) in [7, 11) is 2.18. The lowest BCUT2D eigenvalue weighted by Crippen LogP contribution is -2.43. The van der Waals surface area contributed by atoms with E-state index in [-0.39, 0.29) is 5.75 Å². The summed E-state index contributed by atoms with van der Waals surface area (Å²) in [6.07, 6.45) is 1.63. The summed E-state index contributed by atoms with van der Waals surface area (Å²) >= 11 is 0. The Labute approximate surface area is 108 Å². The number of hydrogen-bond acceptors (Lipinski definition) is 5. The van der Waals surface area contributed by atoms with E-state index in [1.165, 1.54) is 0 Å². The van der Waals surface area contributed by atoms with E-state index < -0.39 is 8.80 Å². The van der Waals surface area contributed by atoms with Crippen molar-refractivity contribution in [2.45, 2.75) is 6.04 Å². The zero-order chi connectivity index (χ0) is 13.4. The molecule has 0 aliphatic heterocycles. The van der Waals surface area contributed by atoms with Crippen molar-refractivity contribution in [1.82, 2.24) is 0 Å². The van der Waals surface area contributed by atoms with E-state index in [1.54, 1.807) is 45.7 Å². The van der Waals surface area contributed by atoms with Crippen molar-refractivity contribution in [1.29, 1.82) is 0 Å². The van der Waals surface area contributed by atoms with Gasteiger partial charge in [0.25, 0.3) is 0 Å². The monoisotopic (exact) mass is 269 g/mol. The molecule has 0 spiro atoms. The van der Waals surface area contributed by atoms with Crippen molar-refractivity contribution >= 4 is 15.0 Å². The van der Waals surface area contributed by atoms with E-state index >= 15 is 0 Å². The van der Waals surface area contributed by atoms with Crippen LogP contribution in [0.25, 0.3) is 0 Å². The lowest BCUT2D eigenvalue weighted by molar-refractivity contribution is 0.124. The van der Waals surface area contributed by atoms with Gasteiger partial charge in [-0.05, 0) is 12.1 Å². The summed E-state index contributed by atoms with van der Waals surface area (Å²) in [4.78, 5) is 4.24. The molecule has 0 saturated heterocycles. The van der Waals surface area contributed by atoms with Crippen molar-refractivity contribution < 1.29 is 18.4 Å². The Bertz CT molecular complexity index is 385. The first-order valence-electron chi connectivity index (χ1n) is 5.60. The SMILES string of the molecule is CO[Si](CCN=Cc1ccccc1O)(OC)OC. The van der Waals surface area contributed by atoms with E-state index in [9.17, 15) is 5.11 Å². The maximum absolute atomic E-state index is 9.55. The largest absolute Gasteiger partial charge is 0.507 e. The van der Waals surface area contributed by atoms with Gasteiger partial charge in [-0.1, -0.05) is 12.1 Å². The van der Waals surface area contributed by atoms with E-state index in [0.29, 0.717) is 18.2 Å². The van der Waals surface area contributed by atoms with Gasteiger partial charge < -0.3 is 18.4 Å². The van der Waals surface area contributed by atoms with Crippen molar-refractivity contribution in [2.24, 2.45) is 4.99 Å². The predicted octanol–water partition coefficient (Wildman–Crippen LogP) is 1.69. The highest BCUT2D eigenvalue weighted by Crippen LogP contribution is 2.14. The molecule has 0 unspecified atom stereocenters. The zero-order valence-electron chi connectivity index (χ0n) is 10.9. The second-order valence-corrected chi connectivity index (χ2v) is 6.73. The highest BCUT2D eigenvalue weighted by Gasteiger charge is 2.36. The third kappa shape index (κ3) is 3.92. The third-order valence-electron chi connectivity index (χ3n) is 2.65. The zero-order valence-corrected chi connectivity index (χ0v) is 11.9. The molecule has 18 heavy (non-hydrogen) atoms. The quantitative estimate of drug-likeness (QED) is 0.604. The number of aliphatic imine (C=N–C) groups is 1. The molecule has 0 heterocycles. The lowest BCUT2D eigenvalue weighted by Gasteiger charge is -2.23. The van der Waals surface area contributed by atoms with Crippen molar-refractivity contribution in [3.63, 3.8) is 0 Å². The Hall–Kier alpha value is -1.21. The average Bonchev–Trinajstić information content (AvgIpc) is 2.42. The van der Waals surface area contributed by atoms with Crippen LogP contribution in [0.3, 0.4) is 0 Å². The molecular formula is C12H19NO4Si. The third-order valence-corrected chi connectivity index (χ3v) is 5.35. The second kappa shape index (κ2) is 7.27. The standard InChI is InChI=1S/C12H19NO4Si/c1-15-18(16-2,17-3)9-8-13-10-11-6-4-5-7-12(11)14/h4-7,10,14H,8-9H2,1-3H3. The van der Waals surface area contributed by atoms with Gasteiger partial charge in [0.15, 0.2) is 0 Å². The fourth-order valence-corrected chi connectivity index (χ4v) is 3.03. The minimum atomic E-state index is -2.55. The summed E-state index contributed by atoms with van der Waals surface area (Å²) in [6.45, 7) is 0.524. The molecule has 0 bridgehead atoms. The maximum Gasteiger partial charge on any atom is 0.502 e.